The van der Waals surface area contributed by atoms with Crippen LogP contribution in [0.3, 0.4) is 0 Å². The van der Waals surface area contributed by atoms with E-state index >= 15 is 0 Å². The average Bonchev–Trinajstić information content (AvgIpc) is 3.01. The van der Waals surface area contributed by atoms with Gasteiger partial charge in [0.05, 0.1) is 0 Å². The summed E-state index contributed by atoms with van der Waals surface area (Å²) in [5.41, 5.74) is 1.20. The quantitative estimate of drug-likeness (QED) is 0.0693. The van der Waals surface area contributed by atoms with Crippen molar-refractivity contribution >= 4 is 42.7 Å². The van der Waals surface area contributed by atoms with E-state index in [0.717, 1.165) is 0 Å². The molecule has 0 aliphatic heterocycles. The Labute approximate surface area is 264 Å². The fraction of sp³-hybridized carbons (Fsp3) is 0.806. The second-order valence-electron chi connectivity index (χ2n) is 13.0. The number of ether oxygens (including phenoxy) is 2. The summed E-state index contributed by atoms with van der Waals surface area (Å²) in [7, 11) is 1.65. The molecule has 0 aliphatic rings. The van der Waals surface area contributed by atoms with Crippen LogP contribution in [0.4, 0.5) is 0 Å². The second-order valence-corrected chi connectivity index (χ2v) is 45.3. The summed E-state index contributed by atoms with van der Waals surface area (Å²) >= 11 is -5.77. The zero-order chi connectivity index (χ0) is 30.4. The van der Waals surface area contributed by atoms with E-state index in [9.17, 15) is 4.79 Å². The number of carbonyl (C=O) groups is 1. The zero-order valence-electron chi connectivity index (χ0n) is 28.4. The van der Waals surface area contributed by atoms with Crippen molar-refractivity contribution < 1.29 is 14.3 Å². The van der Waals surface area contributed by atoms with E-state index in [1.165, 1.54) is 109 Å². The van der Waals surface area contributed by atoms with Gasteiger partial charge in [-0.15, -0.1) is 0 Å². The Kier molecular flexibility index (Phi) is 22.6. The van der Waals surface area contributed by atoms with E-state index in [0.29, 0.717) is 15.2 Å². The number of benzene rings is 1. The van der Waals surface area contributed by atoms with Gasteiger partial charge < -0.3 is 0 Å². The Morgan fingerprint density at radius 2 is 1.00 bits per heavy atom. The molecule has 1 aromatic carbocycles. The fourth-order valence-corrected chi connectivity index (χ4v) is 86.8. The van der Waals surface area contributed by atoms with Crippen molar-refractivity contribution in [2.45, 2.75) is 154 Å². The number of methoxy groups -OCH3 is 1. The Morgan fingerprint density at radius 3 is 1.32 bits per heavy atom. The van der Waals surface area contributed by atoms with Gasteiger partial charge >= 0.3 is 266 Å². The van der Waals surface area contributed by atoms with Crippen LogP contribution >= 0.6 is 0 Å². The van der Waals surface area contributed by atoms with Crippen LogP contribution in [0.2, 0.25) is 28.6 Å². The molecular formula is C36H68O3Sn2. The first-order valence-corrected chi connectivity index (χ1v) is 33.0. The third kappa shape index (κ3) is 13.4. The van der Waals surface area contributed by atoms with Gasteiger partial charge in [0.25, 0.3) is 0 Å². The topological polar surface area (TPSA) is 35.5 Å². The van der Waals surface area contributed by atoms with Crippen LogP contribution in [-0.4, -0.2) is 56.4 Å². The van der Waals surface area contributed by atoms with Crippen LogP contribution in [0.5, 0.6) is 0 Å². The van der Waals surface area contributed by atoms with E-state index < -0.39 is 36.8 Å². The number of carbonyl (C=O) groups excluding carboxylic acids is 1. The van der Waals surface area contributed by atoms with Gasteiger partial charge in [-0.1, -0.05) is 0 Å². The molecule has 0 amide bonds. The predicted molar refractivity (Wildman–Crippen MR) is 185 cm³/mol. The Hall–Kier alpha value is 0.247. The molecule has 1 atom stereocenters. The van der Waals surface area contributed by atoms with Crippen molar-refractivity contribution in [2.24, 2.45) is 5.92 Å². The number of rotatable bonds is 26. The third-order valence-corrected chi connectivity index (χ3v) is 66.2. The molecule has 0 heterocycles. The van der Waals surface area contributed by atoms with Gasteiger partial charge in [-0.05, 0) is 0 Å². The summed E-state index contributed by atoms with van der Waals surface area (Å²) in [6.45, 7) is 15.4. The summed E-state index contributed by atoms with van der Waals surface area (Å²) in [6, 6.07) is 10.5. The molecule has 41 heavy (non-hydrogen) atoms. The molecule has 3 nitrogen and oxygen atoms in total. The summed E-state index contributed by atoms with van der Waals surface area (Å²) in [5, 5.41) is 0. The van der Waals surface area contributed by atoms with Gasteiger partial charge in [0, 0.05) is 0 Å². The Balaban J connectivity index is 3.87. The molecule has 0 fully saturated rings. The maximum absolute atomic E-state index is 14.1. The van der Waals surface area contributed by atoms with Crippen LogP contribution in [0, 0.1) is 5.92 Å². The van der Waals surface area contributed by atoms with Crippen molar-refractivity contribution in [2.75, 3.05) is 13.7 Å². The summed E-state index contributed by atoms with van der Waals surface area (Å²) in [4.78, 5) is 14.1. The molecule has 0 N–H and O–H groups in total. The van der Waals surface area contributed by atoms with Gasteiger partial charge in [-0.25, -0.2) is 0 Å². The number of hydrogen-bond acceptors (Lipinski definition) is 3. The van der Waals surface area contributed by atoms with Gasteiger partial charge in [0.15, 0.2) is 0 Å². The zero-order valence-corrected chi connectivity index (χ0v) is 34.1. The van der Waals surface area contributed by atoms with Crippen LogP contribution in [-0.2, 0) is 20.9 Å². The predicted octanol–water partition coefficient (Wildman–Crippen LogP) is 11.6. The molecule has 1 aromatic rings. The molecule has 1 unspecified atom stereocenters. The van der Waals surface area contributed by atoms with E-state index in [2.05, 4.69) is 71.9 Å². The summed E-state index contributed by atoms with van der Waals surface area (Å²) in [6.07, 6.45) is 15.8. The first-order valence-electron chi connectivity index (χ1n) is 17.6. The van der Waals surface area contributed by atoms with E-state index in [1.54, 1.807) is 7.11 Å². The molecule has 0 radical (unpaired) electrons. The van der Waals surface area contributed by atoms with Gasteiger partial charge in [0.2, 0.25) is 0 Å². The van der Waals surface area contributed by atoms with Crippen molar-refractivity contribution in [3.63, 3.8) is 0 Å². The van der Waals surface area contributed by atoms with Crippen molar-refractivity contribution in [3.05, 3.63) is 35.9 Å². The van der Waals surface area contributed by atoms with Crippen molar-refractivity contribution in [1.29, 1.82) is 0 Å². The molecule has 5 heteroatoms. The standard InChI is InChI=1S/C12H14O3.6C4H9.2Sn/c1-10(12(13)14-2)8-15-9-11-6-4-3-5-7-11;6*1-3-4-2;;/h1,3-7,10H,8-9H2,2H3;6*1,3-4H2,2H3;;. The van der Waals surface area contributed by atoms with Crippen LogP contribution in [0.25, 0.3) is 0 Å². The molecule has 238 valence electrons. The molecule has 0 aromatic heterocycles. The average molecular weight is 786 g/mol. The number of esters is 1. The second kappa shape index (κ2) is 23.6. The van der Waals surface area contributed by atoms with Crippen LogP contribution < -0.4 is 0 Å². The minimum absolute atomic E-state index is 0.0496. The summed E-state index contributed by atoms with van der Waals surface area (Å²) in [5.74, 6) is 0.00523. The first-order chi connectivity index (χ1) is 19.9. The van der Waals surface area contributed by atoms with Gasteiger partial charge in [0.1, 0.15) is 0 Å². The molecule has 1 rings (SSSR count). The SMILES string of the molecule is CCC[CH2][Sn]([CH2]CCC)([CH2]CCC)[CH](C(COCc1ccccc1)C(=O)OC)[Sn]([CH2]CCC)([CH2]CCC)[CH2]CCC. The molecule has 0 bridgehead atoms. The molecule has 0 spiro atoms. The Bertz CT molecular complexity index is 694. The van der Waals surface area contributed by atoms with E-state index in [1.807, 2.05) is 0 Å². The number of hydrogen-bond donors (Lipinski definition) is 0. The van der Waals surface area contributed by atoms with Crippen molar-refractivity contribution in [3.8, 4) is 0 Å². The van der Waals surface area contributed by atoms with Gasteiger partial charge in [-0.2, -0.15) is 0 Å². The van der Waals surface area contributed by atoms with E-state index in [4.69, 9.17) is 9.47 Å². The fourth-order valence-electron chi connectivity index (χ4n) is 7.69. The van der Waals surface area contributed by atoms with Crippen molar-refractivity contribution in [1.82, 2.24) is 0 Å². The molecule has 0 saturated heterocycles. The normalized spacial score (nSPS) is 13.1. The minimum atomic E-state index is -2.89. The Morgan fingerprint density at radius 1 is 0.634 bits per heavy atom. The summed E-state index contributed by atoms with van der Waals surface area (Å²) < 4.78 is 21.9. The number of unbranched alkanes of at least 4 members (excludes halogenated alkanes) is 6. The monoisotopic (exact) mass is 788 g/mol. The van der Waals surface area contributed by atoms with Gasteiger partial charge in [-0.3, -0.25) is 0 Å². The molecule has 0 saturated carbocycles. The van der Waals surface area contributed by atoms with Crippen LogP contribution in [0.15, 0.2) is 30.3 Å². The maximum atomic E-state index is 14.1. The van der Waals surface area contributed by atoms with E-state index in [-0.39, 0.29) is 11.9 Å². The first kappa shape index (κ1) is 39.3. The van der Waals surface area contributed by atoms with Crippen LogP contribution in [0.1, 0.15) is 124 Å². The third-order valence-electron chi connectivity index (χ3n) is 9.80. The molecule has 0 aliphatic carbocycles. The molecular weight excluding hydrogens is 718 g/mol.